The van der Waals surface area contributed by atoms with Gasteiger partial charge in [0.1, 0.15) is 16.9 Å². The number of pyridine rings is 1. The van der Waals surface area contributed by atoms with Crippen LogP contribution in [0.25, 0.3) is 0 Å². The number of aromatic nitrogens is 3. The van der Waals surface area contributed by atoms with Crippen molar-refractivity contribution >= 4 is 34.2 Å². The Kier molecular flexibility index (Phi) is 5.61. The second kappa shape index (κ2) is 8.09. The van der Waals surface area contributed by atoms with E-state index in [0.717, 1.165) is 10.8 Å². The molecule has 2 aromatic rings. The minimum absolute atomic E-state index is 0.248. The fraction of sp³-hybridized carbons (Fsp3) is 0.438. The first-order valence-electron chi connectivity index (χ1n) is 8.35. The fourth-order valence-corrected chi connectivity index (χ4v) is 3.18. The van der Waals surface area contributed by atoms with Gasteiger partial charge in [0.15, 0.2) is 0 Å². The van der Waals surface area contributed by atoms with Gasteiger partial charge in [0.2, 0.25) is 11.0 Å². The smallest absolute Gasteiger partial charge is 0.318 e. The highest BCUT2D eigenvalue weighted by atomic mass is 32.1. The molecule has 3 amide bonds. The lowest BCUT2D eigenvalue weighted by molar-refractivity contribution is -0.117. The van der Waals surface area contributed by atoms with Crippen LogP contribution >= 0.6 is 11.3 Å². The predicted octanol–water partition coefficient (Wildman–Crippen LogP) is 1.10. The maximum absolute atomic E-state index is 12.4. The van der Waals surface area contributed by atoms with Crippen molar-refractivity contribution in [2.45, 2.75) is 19.9 Å². The maximum atomic E-state index is 12.4. The van der Waals surface area contributed by atoms with E-state index in [1.807, 2.05) is 25.1 Å². The van der Waals surface area contributed by atoms with Crippen molar-refractivity contribution in [1.82, 2.24) is 25.4 Å². The highest BCUT2D eigenvalue weighted by Crippen LogP contribution is 2.14. The van der Waals surface area contributed by atoms with E-state index in [9.17, 15) is 9.59 Å². The summed E-state index contributed by atoms with van der Waals surface area (Å²) in [6.45, 7) is 6.01. The minimum Gasteiger partial charge on any atom is -0.353 e. The molecular weight excluding hydrogens is 354 g/mol. The van der Waals surface area contributed by atoms with Crippen molar-refractivity contribution in [3.63, 3.8) is 0 Å². The zero-order valence-corrected chi connectivity index (χ0v) is 15.5. The number of nitrogens with zero attached hydrogens (tertiary/aromatic N) is 5. The van der Waals surface area contributed by atoms with Gasteiger partial charge < -0.3 is 15.1 Å². The molecular formula is C16H21N7O2S. The third kappa shape index (κ3) is 4.45. The summed E-state index contributed by atoms with van der Waals surface area (Å²) in [6.07, 6.45) is 1.76. The van der Waals surface area contributed by atoms with Gasteiger partial charge in [-0.25, -0.2) is 9.78 Å². The van der Waals surface area contributed by atoms with E-state index < -0.39 is 6.04 Å². The average molecular weight is 375 g/mol. The summed E-state index contributed by atoms with van der Waals surface area (Å²) in [5.41, 5.74) is 0. The number of urea groups is 1. The molecule has 0 radical (unpaired) electrons. The summed E-state index contributed by atoms with van der Waals surface area (Å²) >= 11 is 1.29. The lowest BCUT2D eigenvalue weighted by Gasteiger charge is -2.35. The van der Waals surface area contributed by atoms with Crippen LogP contribution in [0.2, 0.25) is 0 Å². The summed E-state index contributed by atoms with van der Waals surface area (Å²) in [5.74, 6) is 0.592. The molecule has 2 N–H and O–H groups in total. The summed E-state index contributed by atoms with van der Waals surface area (Å²) in [7, 11) is 0. The number of amides is 3. The van der Waals surface area contributed by atoms with Crippen LogP contribution in [0.4, 0.5) is 15.7 Å². The summed E-state index contributed by atoms with van der Waals surface area (Å²) in [5, 5.41) is 14.3. The van der Waals surface area contributed by atoms with Crippen LogP contribution in [0.15, 0.2) is 24.4 Å². The Labute approximate surface area is 155 Å². The van der Waals surface area contributed by atoms with Gasteiger partial charge in [-0.3, -0.25) is 10.1 Å². The Morgan fingerprint density at radius 1 is 1.19 bits per heavy atom. The van der Waals surface area contributed by atoms with Gasteiger partial charge in [-0.2, -0.15) is 0 Å². The van der Waals surface area contributed by atoms with Crippen molar-refractivity contribution in [3.8, 4) is 0 Å². The molecule has 0 unspecified atom stereocenters. The molecule has 1 saturated heterocycles. The van der Waals surface area contributed by atoms with E-state index in [1.165, 1.54) is 11.3 Å². The molecule has 138 valence electrons. The fourth-order valence-electron chi connectivity index (χ4n) is 2.58. The number of carbonyl (C=O) groups excluding carboxylic acids is 2. The molecule has 1 aliphatic rings. The SMILES string of the molecule is Cc1nnc(NC(=O)[C@@H](C)NC(=O)N2CCN(c3ccccn3)CC2)s1. The lowest BCUT2D eigenvalue weighted by Crippen LogP contribution is -2.54. The molecule has 3 heterocycles. The van der Waals surface area contributed by atoms with Crippen molar-refractivity contribution in [3.05, 3.63) is 29.4 Å². The van der Waals surface area contributed by atoms with Gasteiger partial charge in [-0.15, -0.1) is 10.2 Å². The van der Waals surface area contributed by atoms with Gasteiger partial charge >= 0.3 is 6.03 Å². The molecule has 0 bridgehead atoms. The molecule has 3 rings (SSSR count). The second-order valence-corrected chi connectivity index (χ2v) is 7.13. The quantitative estimate of drug-likeness (QED) is 0.829. The summed E-state index contributed by atoms with van der Waals surface area (Å²) in [6, 6.07) is 4.86. The van der Waals surface area contributed by atoms with Gasteiger partial charge in [0.05, 0.1) is 0 Å². The van der Waals surface area contributed by atoms with Crippen molar-refractivity contribution in [2.75, 3.05) is 36.4 Å². The van der Waals surface area contributed by atoms with Gasteiger partial charge in [0.25, 0.3) is 0 Å². The Morgan fingerprint density at radius 2 is 1.96 bits per heavy atom. The van der Waals surface area contributed by atoms with Crippen LogP contribution in [0, 0.1) is 6.92 Å². The third-order valence-electron chi connectivity index (χ3n) is 4.03. The Hall–Kier alpha value is -2.75. The monoisotopic (exact) mass is 375 g/mol. The van der Waals surface area contributed by atoms with Crippen LogP contribution in [0.1, 0.15) is 11.9 Å². The van der Waals surface area contributed by atoms with E-state index in [0.29, 0.717) is 31.3 Å². The highest BCUT2D eigenvalue weighted by Gasteiger charge is 2.24. The number of anilines is 2. The topological polar surface area (TPSA) is 103 Å². The molecule has 0 spiro atoms. The molecule has 1 fully saturated rings. The molecule has 1 atom stereocenters. The molecule has 9 nitrogen and oxygen atoms in total. The number of hydrogen-bond donors (Lipinski definition) is 2. The number of aryl methyl sites for hydroxylation is 1. The van der Waals surface area contributed by atoms with E-state index in [2.05, 4.69) is 30.7 Å². The Balaban J connectivity index is 1.47. The average Bonchev–Trinajstić information content (AvgIpc) is 3.07. The van der Waals surface area contributed by atoms with Crippen LogP contribution in [0.5, 0.6) is 0 Å². The number of hydrogen-bond acceptors (Lipinski definition) is 7. The minimum atomic E-state index is -0.666. The third-order valence-corrected chi connectivity index (χ3v) is 4.78. The zero-order chi connectivity index (χ0) is 18.5. The predicted molar refractivity (Wildman–Crippen MR) is 99.3 cm³/mol. The number of rotatable bonds is 4. The van der Waals surface area contributed by atoms with Crippen LogP contribution in [0.3, 0.4) is 0 Å². The largest absolute Gasteiger partial charge is 0.353 e. The number of carbonyl (C=O) groups is 2. The molecule has 26 heavy (non-hydrogen) atoms. The van der Waals surface area contributed by atoms with Crippen LogP contribution < -0.4 is 15.5 Å². The number of nitrogens with one attached hydrogen (secondary N) is 2. The molecule has 0 aliphatic carbocycles. The molecule has 0 aromatic carbocycles. The van der Waals surface area contributed by atoms with Gasteiger partial charge in [0, 0.05) is 32.4 Å². The van der Waals surface area contributed by atoms with Gasteiger partial charge in [-0.1, -0.05) is 17.4 Å². The normalized spacial score (nSPS) is 15.5. The lowest BCUT2D eigenvalue weighted by atomic mass is 10.3. The van der Waals surface area contributed by atoms with E-state index in [1.54, 1.807) is 18.0 Å². The Bertz CT molecular complexity index is 759. The first kappa shape index (κ1) is 18.1. The Morgan fingerprint density at radius 3 is 2.58 bits per heavy atom. The summed E-state index contributed by atoms with van der Waals surface area (Å²) in [4.78, 5) is 32.7. The van der Waals surface area contributed by atoms with Crippen molar-refractivity contribution in [1.29, 1.82) is 0 Å². The van der Waals surface area contributed by atoms with E-state index in [-0.39, 0.29) is 11.9 Å². The first-order chi connectivity index (χ1) is 12.5. The standard InChI is InChI=1S/C16H21N7O2S/c1-11(14(24)19-15-21-20-12(2)26-15)18-16(25)23-9-7-22(8-10-23)13-5-3-4-6-17-13/h3-6,11H,7-10H2,1-2H3,(H,18,25)(H,19,21,24)/t11-/m1/s1. The molecule has 0 saturated carbocycles. The van der Waals surface area contributed by atoms with Crippen LogP contribution in [-0.2, 0) is 4.79 Å². The van der Waals surface area contributed by atoms with E-state index >= 15 is 0 Å². The second-order valence-electron chi connectivity index (χ2n) is 5.95. The van der Waals surface area contributed by atoms with Crippen LogP contribution in [-0.4, -0.2) is 64.2 Å². The van der Waals surface area contributed by atoms with Gasteiger partial charge in [-0.05, 0) is 26.0 Å². The molecule has 10 heteroatoms. The maximum Gasteiger partial charge on any atom is 0.318 e. The highest BCUT2D eigenvalue weighted by molar-refractivity contribution is 7.15. The molecule has 1 aliphatic heterocycles. The number of piperazine rings is 1. The zero-order valence-electron chi connectivity index (χ0n) is 14.7. The van der Waals surface area contributed by atoms with E-state index in [4.69, 9.17) is 0 Å². The van der Waals surface area contributed by atoms with Crippen molar-refractivity contribution in [2.24, 2.45) is 0 Å². The summed E-state index contributed by atoms with van der Waals surface area (Å²) < 4.78 is 0. The first-order valence-corrected chi connectivity index (χ1v) is 9.17. The van der Waals surface area contributed by atoms with Crippen molar-refractivity contribution < 1.29 is 9.59 Å². The molecule has 2 aromatic heterocycles.